The fourth-order valence-electron chi connectivity index (χ4n) is 4.21. The van der Waals surface area contributed by atoms with E-state index in [-0.39, 0.29) is 37.9 Å². The quantitative estimate of drug-likeness (QED) is 0.574. The van der Waals surface area contributed by atoms with Crippen LogP contribution < -0.4 is 5.32 Å². The number of aliphatic carboxylic acids is 1. The van der Waals surface area contributed by atoms with E-state index >= 15 is 0 Å². The van der Waals surface area contributed by atoms with Gasteiger partial charge in [-0.3, -0.25) is 9.59 Å². The number of likely N-dealkylation sites (N-methyl/N-ethyl adjacent to an activating group) is 2. The van der Waals surface area contributed by atoms with E-state index in [4.69, 9.17) is 9.84 Å². The molecule has 0 bridgehead atoms. The molecule has 3 rings (SSSR count). The number of benzene rings is 2. The number of hydrogen-bond acceptors (Lipinski definition) is 5. The van der Waals surface area contributed by atoms with E-state index in [0.717, 1.165) is 22.3 Å². The third-order valence-electron chi connectivity index (χ3n) is 5.77. The summed E-state index contributed by atoms with van der Waals surface area (Å²) in [6.45, 7) is 2.63. The number of hydrogen-bond donors (Lipinski definition) is 2. The summed E-state index contributed by atoms with van der Waals surface area (Å²) in [5.41, 5.74) is 4.50. The first-order valence-electron chi connectivity index (χ1n) is 11.1. The first kappa shape index (κ1) is 24.3. The highest BCUT2D eigenvalue weighted by atomic mass is 16.5. The van der Waals surface area contributed by atoms with Crippen molar-refractivity contribution in [2.75, 3.05) is 40.3 Å². The molecule has 8 heteroatoms. The van der Waals surface area contributed by atoms with Crippen molar-refractivity contribution in [2.24, 2.45) is 0 Å². The smallest absolute Gasteiger partial charge is 0.407 e. The molecule has 0 heterocycles. The van der Waals surface area contributed by atoms with Gasteiger partial charge in [0.25, 0.3) is 0 Å². The molecule has 0 unspecified atom stereocenters. The van der Waals surface area contributed by atoms with Gasteiger partial charge in [-0.1, -0.05) is 48.5 Å². The van der Waals surface area contributed by atoms with Gasteiger partial charge in [0, 0.05) is 25.6 Å². The fraction of sp³-hybridized carbons (Fsp3) is 0.400. The molecule has 0 radical (unpaired) electrons. The summed E-state index contributed by atoms with van der Waals surface area (Å²) in [6.07, 6.45) is -0.828. The van der Waals surface area contributed by atoms with Crippen LogP contribution in [0.25, 0.3) is 11.1 Å². The average Bonchev–Trinajstić information content (AvgIpc) is 3.11. The Morgan fingerprint density at radius 1 is 1.03 bits per heavy atom. The Kier molecular flexibility index (Phi) is 8.06. The van der Waals surface area contributed by atoms with Crippen molar-refractivity contribution in [3.63, 3.8) is 0 Å². The lowest BCUT2D eigenvalue weighted by Crippen LogP contribution is -2.53. The number of alkyl carbamates (subject to hydrolysis) is 1. The van der Waals surface area contributed by atoms with Crippen LogP contribution >= 0.6 is 0 Å². The zero-order valence-electron chi connectivity index (χ0n) is 19.3. The molecule has 33 heavy (non-hydrogen) atoms. The Hall–Kier alpha value is -3.39. The third kappa shape index (κ3) is 5.90. The summed E-state index contributed by atoms with van der Waals surface area (Å²) >= 11 is 0. The number of ether oxygens (including phenoxy) is 1. The van der Waals surface area contributed by atoms with E-state index < -0.39 is 18.1 Å². The molecule has 2 amide bonds. The maximum absolute atomic E-state index is 13.0. The van der Waals surface area contributed by atoms with Crippen molar-refractivity contribution in [3.8, 4) is 11.1 Å². The van der Waals surface area contributed by atoms with Gasteiger partial charge in [0.1, 0.15) is 12.6 Å². The molecule has 2 N–H and O–H groups in total. The number of carbonyl (C=O) groups excluding carboxylic acids is 2. The van der Waals surface area contributed by atoms with Gasteiger partial charge in [-0.25, -0.2) is 4.79 Å². The number of carboxylic acids is 1. The summed E-state index contributed by atoms with van der Waals surface area (Å²) < 4.78 is 5.58. The second-order valence-corrected chi connectivity index (χ2v) is 8.35. The first-order chi connectivity index (χ1) is 15.8. The number of nitrogens with one attached hydrogen (secondary N) is 1. The highest BCUT2D eigenvalue weighted by Crippen LogP contribution is 2.44. The van der Waals surface area contributed by atoms with Crippen molar-refractivity contribution in [2.45, 2.75) is 25.3 Å². The van der Waals surface area contributed by atoms with E-state index in [9.17, 15) is 14.4 Å². The van der Waals surface area contributed by atoms with Gasteiger partial charge >= 0.3 is 12.1 Å². The lowest BCUT2D eigenvalue weighted by Gasteiger charge is -2.28. The Bertz CT molecular complexity index is 962. The van der Waals surface area contributed by atoms with Gasteiger partial charge in [-0.15, -0.1) is 0 Å². The molecule has 0 aliphatic heterocycles. The summed E-state index contributed by atoms with van der Waals surface area (Å²) in [5.74, 6) is -1.38. The Morgan fingerprint density at radius 3 is 2.12 bits per heavy atom. The van der Waals surface area contributed by atoms with Gasteiger partial charge in [0.15, 0.2) is 0 Å². The molecular weight excluding hydrogens is 422 g/mol. The summed E-state index contributed by atoms with van der Waals surface area (Å²) in [7, 11) is 3.60. The fourth-order valence-corrected chi connectivity index (χ4v) is 4.21. The molecule has 1 aliphatic carbocycles. The summed E-state index contributed by atoms with van der Waals surface area (Å²) in [6, 6.07) is 15.3. The molecule has 1 aliphatic rings. The van der Waals surface area contributed by atoms with E-state index in [1.54, 1.807) is 25.9 Å². The van der Waals surface area contributed by atoms with Crippen LogP contribution in [0, 0.1) is 0 Å². The molecule has 0 fully saturated rings. The van der Waals surface area contributed by atoms with Crippen LogP contribution in [-0.2, 0) is 14.3 Å². The number of carboxylic acid groups (broad SMARTS) is 1. The molecule has 0 saturated carbocycles. The predicted octanol–water partition coefficient (Wildman–Crippen LogP) is 2.78. The predicted molar refractivity (Wildman–Crippen MR) is 125 cm³/mol. The van der Waals surface area contributed by atoms with Gasteiger partial charge in [-0.2, -0.15) is 0 Å². The lowest BCUT2D eigenvalue weighted by atomic mass is 9.98. The van der Waals surface area contributed by atoms with Crippen LogP contribution in [0.2, 0.25) is 0 Å². The number of nitrogens with zero attached hydrogens (tertiary/aromatic N) is 2. The van der Waals surface area contributed by atoms with Crippen LogP contribution in [0.15, 0.2) is 48.5 Å². The van der Waals surface area contributed by atoms with Crippen LogP contribution in [-0.4, -0.2) is 79.3 Å². The highest BCUT2D eigenvalue weighted by molar-refractivity contribution is 5.86. The molecule has 0 saturated heterocycles. The molecule has 176 valence electrons. The minimum atomic E-state index is -0.977. The molecule has 0 aromatic heterocycles. The zero-order valence-corrected chi connectivity index (χ0v) is 19.3. The normalized spacial score (nSPS) is 13.2. The number of amides is 2. The Labute approximate surface area is 194 Å². The van der Waals surface area contributed by atoms with Gasteiger partial charge in [-0.05, 0) is 43.3 Å². The van der Waals surface area contributed by atoms with E-state index in [1.807, 2.05) is 36.4 Å². The van der Waals surface area contributed by atoms with Crippen molar-refractivity contribution in [1.29, 1.82) is 0 Å². The summed E-state index contributed by atoms with van der Waals surface area (Å²) in [4.78, 5) is 39.8. The Morgan fingerprint density at radius 2 is 1.61 bits per heavy atom. The van der Waals surface area contributed by atoms with Crippen molar-refractivity contribution in [3.05, 3.63) is 59.7 Å². The van der Waals surface area contributed by atoms with Gasteiger partial charge < -0.3 is 25.0 Å². The first-order valence-corrected chi connectivity index (χ1v) is 11.1. The van der Waals surface area contributed by atoms with Crippen molar-refractivity contribution >= 4 is 18.0 Å². The minimum Gasteiger partial charge on any atom is -0.481 e. The van der Waals surface area contributed by atoms with Crippen LogP contribution in [0.5, 0.6) is 0 Å². The number of fused-ring (bicyclic) bond motifs is 3. The zero-order chi connectivity index (χ0) is 24.0. The second kappa shape index (κ2) is 11.0. The van der Waals surface area contributed by atoms with Crippen molar-refractivity contribution in [1.82, 2.24) is 15.1 Å². The third-order valence-corrected chi connectivity index (χ3v) is 5.77. The van der Waals surface area contributed by atoms with E-state index in [0.29, 0.717) is 6.54 Å². The largest absolute Gasteiger partial charge is 0.481 e. The topological polar surface area (TPSA) is 99.2 Å². The average molecular weight is 454 g/mol. The maximum Gasteiger partial charge on any atom is 0.407 e. The standard InChI is InChI=1S/C25H31N3O5/c1-4-28(14-13-23(29)30)24(31)22(15-27(2)3)26-25(32)33-16-21-19-11-7-5-9-17(19)18-10-6-8-12-20(18)21/h5-12,21-22H,4,13-16H2,1-3H3,(H,26,32)(H,29,30)/t22-/m0/s1. The summed E-state index contributed by atoms with van der Waals surface area (Å²) in [5, 5.41) is 11.6. The maximum atomic E-state index is 13.0. The number of carbonyl (C=O) groups is 3. The molecule has 8 nitrogen and oxygen atoms in total. The molecule has 2 aromatic rings. The molecular formula is C25H31N3O5. The van der Waals surface area contributed by atoms with Crippen LogP contribution in [0.4, 0.5) is 4.79 Å². The Balaban J connectivity index is 1.67. The highest BCUT2D eigenvalue weighted by Gasteiger charge is 2.30. The van der Waals surface area contributed by atoms with E-state index in [1.165, 1.54) is 4.90 Å². The van der Waals surface area contributed by atoms with Gasteiger partial charge in [0.2, 0.25) is 5.91 Å². The van der Waals surface area contributed by atoms with Crippen molar-refractivity contribution < 1.29 is 24.2 Å². The van der Waals surface area contributed by atoms with Crippen LogP contribution in [0.1, 0.15) is 30.4 Å². The van der Waals surface area contributed by atoms with Crippen LogP contribution in [0.3, 0.4) is 0 Å². The lowest BCUT2D eigenvalue weighted by molar-refractivity contribution is -0.139. The molecule has 0 spiro atoms. The second-order valence-electron chi connectivity index (χ2n) is 8.35. The molecule has 1 atom stereocenters. The monoisotopic (exact) mass is 453 g/mol. The molecule has 2 aromatic carbocycles. The van der Waals surface area contributed by atoms with E-state index in [2.05, 4.69) is 17.4 Å². The SMILES string of the molecule is CCN(CCC(=O)O)C(=O)[C@H](CN(C)C)NC(=O)OCC1c2ccccc2-c2ccccc21. The number of rotatable bonds is 10. The van der Waals surface area contributed by atoms with Gasteiger partial charge in [0.05, 0.1) is 6.42 Å². The minimum absolute atomic E-state index is 0.0751.